The van der Waals surface area contributed by atoms with Crippen molar-refractivity contribution >= 4 is 0 Å². The normalized spacial score (nSPS) is 46.1. The smallest absolute Gasteiger partial charge is 0.165 e. The van der Waals surface area contributed by atoms with E-state index in [1.807, 2.05) is 13.1 Å². The number of likely N-dealkylation sites (N-methyl/N-ethyl adjacent to an activating group) is 1. The predicted molar refractivity (Wildman–Crippen MR) is 84.3 cm³/mol. The van der Waals surface area contributed by atoms with E-state index in [0.29, 0.717) is 12.5 Å². The molecule has 2 aliphatic carbocycles. The number of likely N-dealkylation sites (tertiary alicyclic amines) is 1. The third kappa shape index (κ3) is 1.49. The van der Waals surface area contributed by atoms with Gasteiger partial charge in [0.15, 0.2) is 11.5 Å². The van der Waals surface area contributed by atoms with Crippen LogP contribution in [0.2, 0.25) is 0 Å². The molecule has 2 fully saturated rings. The van der Waals surface area contributed by atoms with Crippen LogP contribution < -0.4 is 9.47 Å². The summed E-state index contributed by atoms with van der Waals surface area (Å²) in [5.41, 5.74) is 2.27. The lowest BCUT2D eigenvalue weighted by Gasteiger charge is -2.63. The second kappa shape index (κ2) is 4.21. The highest BCUT2D eigenvalue weighted by molar-refractivity contribution is 5.60. The molecule has 5 nitrogen and oxygen atoms in total. The summed E-state index contributed by atoms with van der Waals surface area (Å²) in [4.78, 5) is 0. The standard InChI is InChI=1S/C18H23NO4/c1-19(21)8-7-18-11-4-5-13(20)17(18)23-16-14(22-2)6-3-10(15(16)18)9-12(11)19/h3,6,11-13,17,20H,4-5,7-9H2,1-2H3. The van der Waals surface area contributed by atoms with Crippen molar-refractivity contribution in [2.75, 3.05) is 20.7 Å². The molecule has 2 bridgehead atoms. The van der Waals surface area contributed by atoms with Crippen molar-refractivity contribution in [2.24, 2.45) is 5.92 Å². The molecule has 0 amide bonds. The van der Waals surface area contributed by atoms with Gasteiger partial charge in [-0.2, -0.15) is 0 Å². The summed E-state index contributed by atoms with van der Waals surface area (Å²) in [5, 5.41) is 23.7. The first kappa shape index (κ1) is 14.1. The zero-order valence-corrected chi connectivity index (χ0v) is 13.6. The van der Waals surface area contributed by atoms with Gasteiger partial charge in [0, 0.05) is 24.3 Å². The topological polar surface area (TPSA) is 61.8 Å². The van der Waals surface area contributed by atoms with E-state index in [4.69, 9.17) is 9.47 Å². The van der Waals surface area contributed by atoms with Gasteiger partial charge in [-0.15, -0.1) is 0 Å². The van der Waals surface area contributed by atoms with E-state index >= 15 is 0 Å². The van der Waals surface area contributed by atoms with Crippen LogP contribution in [-0.4, -0.2) is 48.7 Å². The van der Waals surface area contributed by atoms with Crippen LogP contribution in [0.3, 0.4) is 0 Å². The molecule has 0 radical (unpaired) electrons. The average molecular weight is 317 g/mol. The number of piperidine rings is 1. The summed E-state index contributed by atoms with van der Waals surface area (Å²) in [6, 6.07) is 4.12. The Bertz CT molecular complexity index is 688. The molecule has 5 heteroatoms. The second-order valence-corrected chi connectivity index (χ2v) is 7.88. The number of rotatable bonds is 1. The Hall–Kier alpha value is -1.30. The summed E-state index contributed by atoms with van der Waals surface area (Å²) in [6.07, 6.45) is 2.55. The average Bonchev–Trinajstić information content (AvgIpc) is 2.88. The lowest BCUT2D eigenvalue weighted by Crippen LogP contribution is -2.70. The van der Waals surface area contributed by atoms with Crippen LogP contribution in [0.15, 0.2) is 12.1 Å². The Morgan fingerprint density at radius 2 is 2.22 bits per heavy atom. The fourth-order valence-electron chi connectivity index (χ4n) is 6.02. The van der Waals surface area contributed by atoms with Gasteiger partial charge in [-0.25, -0.2) is 0 Å². The second-order valence-electron chi connectivity index (χ2n) is 7.88. The molecule has 1 spiro atoms. The Morgan fingerprint density at radius 1 is 1.39 bits per heavy atom. The van der Waals surface area contributed by atoms with Crippen molar-refractivity contribution in [3.63, 3.8) is 0 Å². The van der Waals surface area contributed by atoms with Gasteiger partial charge in [-0.1, -0.05) is 6.07 Å². The molecular formula is C18H23NO4. The molecule has 1 aromatic carbocycles. The molecule has 23 heavy (non-hydrogen) atoms. The van der Waals surface area contributed by atoms with E-state index < -0.39 is 6.10 Å². The molecular weight excluding hydrogens is 294 g/mol. The highest BCUT2D eigenvalue weighted by Crippen LogP contribution is 2.64. The van der Waals surface area contributed by atoms with E-state index in [1.54, 1.807) is 7.11 Å². The highest BCUT2D eigenvalue weighted by Gasteiger charge is 2.67. The first-order valence-corrected chi connectivity index (χ1v) is 8.60. The molecule has 5 rings (SSSR count). The first-order chi connectivity index (χ1) is 11.0. The van der Waals surface area contributed by atoms with E-state index in [9.17, 15) is 10.3 Å². The third-order valence-corrected chi connectivity index (χ3v) is 6.99. The minimum atomic E-state index is -0.460. The fourth-order valence-corrected chi connectivity index (χ4v) is 6.02. The Kier molecular flexibility index (Phi) is 2.57. The van der Waals surface area contributed by atoms with Gasteiger partial charge in [0.25, 0.3) is 0 Å². The van der Waals surface area contributed by atoms with E-state index in [2.05, 4.69) is 6.07 Å². The van der Waals surface area contributed by atoms with Crippen molar-refractivity contribution in [1.29, 1.82) is 0 Å². The van der Waals surface area contributed by atoms with Gasteiger partial charge >= 0.3 is 0 Å². The molecule has 1 saturated carbocycles. The van der Waals surface area contributed by atoms with Crippen LogP contribution in [0.25, 0.3) is 0 Å². The summed E-state index contributed by atoms with van der Waals surface area (Å²) >= 11 is 0. The van der Waals surface area contributed by atoms with Gasteiger partial charge in [0.05, 0.1) is 38.3 Å². The molecule has 1 saturated heterocycles. The number of hydroxylamine groups is 3. The zero-order valence-electron chi connectivity index (χ0n) is 13.6. The lowest BCUT2D eigenvalue weighted by atomic mass is 9.51. The Morgan fingerprint density at radius 3 is 3.00 bits per heavy atom. The largest absolute Gasteiger partial charge is 0.633 e. The van der Waals surface area contributed by atoms with Crippen LogP contribution >= 0.6 is 0 Å². The van der Waals surface area contributed by atoms with E-state index in [1.165, 1.54) is 11.1 Å². The molecule has 1 aromatic rings. The van der Waals surface area contributed by atoms with Crippen molar-refractivity contribution in [2.45, 2.75) is 49.3 Å². The van der Waals surface area contributed by atoms with Gasteiger partial charge in [0.1, 0.15) is 6.10 Å². The predicted octanol–water partition coefficient (Wildman–Crippen LogP) is 1.74. The number of aliphatic hydroxyl groups excluding tert-OH is 1. The minimum Gasteiger partial charge on any atom is -0.633 e. The van der Waals surface area contributed by atoms with E-state index in [0.717, 1.165) is 37.2 Å². The summed E-state index contributed by atoms with van der Waals surface area (Å²) < 4.78 is 11.7. The van der Waals surface area contributed by atoms with Crippen LogP contribution in [-0.2, 0) is 11.8 Å². The number of aliphatic hydroxyl groups is 1. The maximum atomic E-state index is 13.1. The van der Waals surface area contributed by atoms with Crippen molar-refractivity contribution in [3.8, 4) is 11.5 Å². The maximum absolute atomic E-state index is 13.1. The number of ether oxygens (including phenoxy) is 2. The van der Waals surface area contributed by atoms with Crippen LogP contribution in [0.4, 0.5) is 0 Å². The summed E-state index contributed by atoms with van der Waals surface area (Å²) in [5.74, 6) is 1.87. The molecule has 0 aromatic heterocycles. The molecule has 2 heterocycles. The van der Waals surface area contributed by atoms with Crippen LogP contribution in [0.1, 0.15) is 30.4 Å². The number of methoxy groups -OCH3 is 1. The van der Waals surface area contributed by atoms with E-state index in [-0.39, 0.29) is 22.2 Å². The summed E-state index contributed by atoms with van der Waals surface area (Å²) in [6.45, 7) is 0.601. The lowest BCUT2D eigenvalue weighted by molar-refractivity contribution is -0.899. The zero-order chi connectivity index (χ0) is 16.0. The SMILES string of the molecule is COc1ccc2c3c1OC1C(O)CCC4C(C2)[N+](C)([O-])CCC341. The van der Waals surface area contributed by atoms with Gasteiger partial charge in [0.2, 0.25) is 0 Å². The minimum absolute atomic E-state index is 0.0780. The van der Waals surface area contributed by atoms with Crippen LogP contribution in [0.5, 0.6) is 11.5 Å². The monoisotopic (exact) mass is 317 g/mol. The number of benzene rings is 1. The number of hydrogen-bond donors (Lipinski definition) is 1. The van der Waals surface area contributed by atoms with Crippen molar-refractivity contribution < 1.29 is 19.2 Å². The number of nitrogens with zero attached hydrogens (tertiary/aromatic N) is 1. The fraction of sp³-hybridized carbons (Fsp3) is 0.667. The molecule has 6 unspecified atom stereocenters. The Labute approximate surface area is 136 Å². The van der Waals surface area contributed by atoms with Crippen molar-refractivity contribution in [3.05, 3.63) is 28.5 Å². The summed E-state index contributed by atoms with van der Waals surface area (Å²) in [7, 11) is 3.48. The molecule has 2 aliphatic heterocycles. The number of hydrogen-bond acceptors (Lipinski definition) is 4. The first-order valence-electron chi connectivity index (χ1n) is 8.60. The van der Waals surface area contributed by atoms with Crippen molar-refractivity contribution in [1.82, 2.24) is 0 Å². The molecule has 124 valence electrons. The van der Waals surface area contributed by atoms with Gasteiger partial charge < -0.3 is 24.4 Å². The highest BCUT2D eigenvalue weighted by atomic mass is 16.5. The maximum Gasteiger partial charge on any atom is 0.165 e. The molecule has 4 aliphatic rings. The third-order valence-electron chi connectivity index (χ3n) is 6.99. The Balaban J connectivity index is 1.79. The van der Waals surface area contributed by atoms with Gasteiger partial charge in [-0.3, -0.25) is 0 Å². The molecule has 6 atom stereocenters. The quantitative estimate of drug-likeness (QED) is 0.633. The number of quaternary nitrogens is 1. The molecule has 1 N–H and O–H groups in total. The van der Waals surface area contributed by atoms with Crippen LogP contribution in [0, 0.1) is 11.1 Å². The van der Waals surface area contributed by atoms with Gasteiger partial charge in [-0.05, 0) is 24.5 Å².